The standard InChI is InChI=1S/C34H44N4O9/c39-29-28-18-26(47-33(44)37-15-12-22-8-6-7-9-23(22)20-37)21-38(28)30(40)27(35-32(43)46-25-13-16-45-17-14-25)11-5-3-1-2-4-10-24-19-34(24,36-29)31(41)42/h4,6-10,24-28H,1-3,5,11-21H2,(H,35,43)(H,36,39)(H,41,42)/b10-4-/t24-,26-,27+,28+,34-/m1/s1. The van der Waals surface area contributed by atoms with E-state index in [0.717, 1.165) is 24.8 Å². The predicted molar refractivity (Wildman–Crippen MR) is 167 cm³/mol. The molecule has 5 atom stereocenters. The molecule has 5 aliphatic rings. The summed E-state index contributed by atoms with van der Waals surface area (Å²) in [6, 6.07) is 5.84. The number of alkyl carbamates (subject to hydrolysis) is 1. The van der Waals surface area contributed by atoms with Crippen molar-refractivity contribution in [2.24, 2.45) is 5.92 Å². The Morgan fingerprint density at radius 1 is 1.00 bits per heavy atom. The second-order valence-electron chi connectivity index (χ2n) is 13.2. The number of carboxylic acids is 1. The fraction of sp³-hybridized carbons (Fsp3) is 0.618. The second-order valence-corrected chi connectivity index (χ2v) is 13.2. The number of benzene rings is 1. The number of aliphatic carboxylic acids is 1. The first-order valence-electron chi connectivity index (χ1n) is 16.8. The molecule has 1 aliphatic carbocycles. The summed E-state index contributed by atoms with van der Waals surface area (Å²) in [6.07, 6.45) is 6.83. The van der Waals surface area contributed by atoms with Crippen LogP contribution in [0.4, 0.5) is 9.59 Å². The Morgan fingerprint density at radius 3 is 2.57 bits per heavy atom. The molecule has 4 heterocycles. The van der Waals surface area contributed by atoms with Crippen LogP contribution in [0, 0.1) is 5.92 Å². The zero-order valence-corrected chi connectivity index (χ0v) is 26.6. The Hall–Kier alpha value is -4.13. The van der Waals surface area contributed by atoms with Crippen molar-refractivity contribution in [3.63, 3.8) is 0 Å². The van der Waals surface area contributed by atoms with Crippen LogP contribution >= 0.6 is 0 Å². The number of carbonyl (C=O) groups is 5. The number of hydrogen-bond donors (Lipinski definition) is 3. The lowest BCUT2D eigenvalue weighted by Gasteiger charge is -2.30. The first-order chi connectivity index (χ1) is 22.7. The van der Waals surface area contributed by atoms with E-state index in [1.165, 1.54) is 10.5 Å². The van der Waals surface area contributed by atoms with E-state index >= 15 is 0 Å². The smallest absolute Gasteiger partial charge is 0.410 e. The Balaban J connectivity index is 1.20. The number of carbonyl (C=O) groups excluding carboxylic acids is 4. The first kappa shape index (κ1) is 32.8. The van der Waals surface area contributed by atoms with Crippen molar-refractivity contribution in [1.82, 2.24) is 20.4 Å². The average molecular weight is 653 g/mol. The topological polar surface area (TPSA) is 164 Å². The molecule has 1 aromatic carbocycles. The van der Waals surface area contributed by atoms with Crippen LogP contribution in [0.2, 0.25) is 0 Å². The van der Waals surface area contributed by atoms with Crippen LogP contribution in [0.5, 0.6) is 0 Å². The molecule has 13 nitrogen and oxygen atoms in total. The summed E-state index contributed by atoms with van der Waals surface area (Å²) in [5.41, 5.74) is 0.766. The van der Waals surface area contributed by atoms with Crippen molar-refractivity contribution in [3.05, 3.63) is 47.5 Å². The lowest BCUT2D eigenvalue weighted by atomic mass is 10.0. The molecule has 0 bridgehead atoms. The minimum absolute atomic E-state index is 0.00316. The van der Waals surface area contributed by atoms with Gasteiger partial charge in [0.05, 0.1) is 19.8 Å². The van der Waals surface area contributed by atoms with Crippen molar-refractivity contribution < 1.29 is 43.3 Å². The molecule has 47 heavy (non-hydrogen) atoms. The zero-order valence-electron chi connectivity index (χ0n) is 26.6. The number of amides is 4. The molecule has 3 fully saturated rings. The van der Waals surface area contributed by atoms with E-state index < -0.39 is 53.7 Å². The molecule has 254 valence electrons. The Labute approximate surface area is 273 Å². The molecule has 3 N–H and O–H groups in total. The SMILES string of the molecule is O=C(N[C@H]1CCCCC/C=C\[C@@H]2C[C@@]2(C(=O)O)NC(=O)[C@@H]2C[C@@H](OC(=O)N3CCc4ccccc4C3)CN2C1=O)OC1CCOCC1. The summed E-state index contributed by atoms with van der Waals surface area (Å²) in [7, 11) is 0. The third-order valence-electron chi connectivity index (χ3n) is 10.0. The molecule has 1 saturated carbocycles. The van der Waals surface area contributed by atoms with E-state index in [-0.39, 0.29) is 31.4 Å². The maximum atomic E-state index is 14.2. The highest BCUT2D eigenvalue weighted by atomic mass is 16.6. The molecular weight excluding hydrogens is 608 g/mol. The molecule has 4 amide bonds. The fourth-order valence-electron chi connectivity index (χ4n) is 7.14. The number of fused-ring (bicyclic) bond motifs is 3. The van der Waals surface area contributed by atoms with Crippen molar-refractivity contribution in [2.75, 3.05) is 26.3 Å². The molecule has 6 rings (SSSR count). The van der Waals surface area contributed by atoms with Crippen LogP contribution in [0.25, 0.3) is 0 Å². The van der Waals surface area contributed by atoms with E-state index in [1.807, 2.05) is 36.4 Å². The number of hydrogen-bond acceptors (Lipinski definition) is 8. The number of nitrogens with zero attached hydrogens (tertiary/aromatic N) is 2. The summed E-state index contributed by atoms with van der Waals surface area (Å²) in [6.45, 7) is 1.78. The van der Waals surface area contributed by atoms with Crippen molar-refractivity contribution >= 4 is 30.0 Å². The van der Waals surface area contributed by atoms with Crippen LogP contribution in [0.3, 0.4) is 0 Å². The third-order valence-corrected chi connectivity index (χ3v) is 10.0. The van der Waals surface area contributed by atoms with Crippen LogP contribution in [0.1, 0.15) is 68.9 Å². The van der Waals surface area contributed by atoms with E-state index in [1.54, 1.807) is 4.90 Å². The first-order valence-corrected chi connectivity index (χ1v) is 16.8. The van der Waals surface area contributed by atoms with Gasteiger partial charge in [0.25, 0.3) is 0 Å². The van der Waals surface area contributed by atoms with E-state index in [4.69, 9.17) is 14.2 Å². The quantitative estimate of drug-likeness (QED) is 0.415. The van der Waals surface area contributed by atoms with Crippen LogP contribution in [-0.2, 0) is 41.6 Å². The Kier molecular flexibility index (Phi) is 10.00. The maximum absolute atomic E-state index is 14.2. The molecule has 13 heteroatoms. The van der Waals surface area contributed by atoms with Crippen LogP contribution < -0.4 is 10.6 Å². The number of allylic oxidation sites excluding steroid dienone is 1. The third kappa shape index (κ3) is 7.55. The minimum atomic E-state index is -1.45. The van der Waals surface area contributed by atoms with Gasteiger partial charge in [-0.3, -0.25) is 9.59 Å². The van der Waals surface area contributed by atoms with Crippen molar-refractivity contribution in [2.45, 2.75) is 101 Å². The number of carboxylic acid groups (broad SMARTS) is 1. The Bertz CT molecular complexity index is 1400. The number of nitrogens with one attached hydrogen (secondary N) is 2. The van der Waals surface area contributed by atoms with E-state index in [0.29, 0.717) is 58.4 Å². The van der Waals surface area contributed by atoms with Gasteiger partial charge in [0.1, 0.15) is 29.8 Å². The summed E-state index contributed by atoms with van der Waals surface area (Å²) >= 11 is 0. The lowest BCUT2D eigenvalue weighted by Crippen LogP contribution is -2.56. The van der Waals surface area contributed by atoms with Gasteiger partial charge in [-0.25, -0.2) is 14.4 Å². The Morgan fingerprint density at radius 2 is 1.79 bits per heavy atom. The van der Waals surface area contributed by atoms with Gasteiger partial charge in [-0.2, -0.15) is 0 Å². The molecule has 0 radical (unpaired) electrons. The number of ether oxygens (including phenoxy) is 3. The fourth-order valence-corrected chi connectivity index (χ4v) is 7.14. The van der Waals surface area contributed by atoms with Gasteiger partial charge in [-0.15, -0.1) is 0 Å². The van der Waals surface area contributed by atoms with Gasteiger partial charge in [0, 0.05) is 38.3 Å². The molecule has 0 aromatic heterocycles. The average Bonchev–Trinajstić information content (AvgIpc) is 3.60. The van der Waals surface area contributed by atoms with Crippen molar-refractivity contribution in [3.8, 4) is 0 Å². The van der Waals surface area contributed by atoms with Gasteiger partial charge in [0.2, 0.25) is 11.8 Å². The van der Waals surface area contributed by atoms with Crippen LogP contribution in [0.15, 0.2) is 36.4 Å². The predicted octanol–water partition coefficient (Wildman–Crippen LogP) is 2.90. The maximum Gasteiger partial charge on any atom is 0.410 e. The van der Waals surface area contributed by atoms with Gasteiger partial charge in [-0.05, 0) is 43.2 Å². The lowest BCUT2D eigenvalue weighted by molar-refractivity contribution is -0.145. The van der Waals surface area contributed by atoms with Crippen LogP contribution in [-0.4, -0.2) is 101 Å². The summed E-state index contributed by atoms with van der Waals surface area (Å²) in [5, 5.41) is 15.6. The molecule has 0 spiro atoms. The summed E-state index contributed by atoms with van der Waals surface area (Å²) in [4.78, 5) is 69.6. The highest BCUT2D eigenvalue weighted by Gasteiger charge is 2.61. The van der Waals surface area contributed by atoms with Crippen molar-refractivity contribution in [1.29, 1.82) is 0 Å². The molecule has 2 saturated heterocycles. The van der Waals surface area contributed by atoms with Gasteiger partial charge >= 0.3 is 18.2 Å². The minimum Gasteiger partial charge on any atom is -0.479 e. The second kappa shape index (κ2) is 14.3. The molecule has 0 unspecified atom stereocenters. The van der Waals surface area contributed by atoms with E-state index in [2.05, 4.69) is 10.6 Å². The molecule has 1 aromatic rings. The van der Waals surface area contributed by atoms with Gasteiger partial charge in [0.15, 0.2) is 0 Å². The molecular formula is C34H44N4O9. The number of rotatable bonds is 4. The molecule has 4 aliphatic heterocycles. The largest absolute Gasteiger partial charge is 0.479 e. The highest BCUT2D eigenvalue weighted by molar-refractivity contribution is 5.96. The summed E-state index contributed by atoms with van der Waals surface area (Å²) < 4.78 is 16.8. The summed E-state index contributed by atoms with van der Waals surface area (Å²) in [5.74, 6) is -2.61. The normalized spacial score (nSPS) is 30.7. The monoisotopic (exact) mass is 652 g/mol. The van der Waals surface area contributed by atoms with Gasteiger partial charge < -0.3 is 39.8 Å². The van der Waals surface area contributed by atoms with E-state index in [9.17, 15) is 29.1 Å². The van der Waals surface area contributed by atoms with Gasteiger partial charge in [-0.1, -0.05) is 49.3 Å². The zero-order chi connectivity index (χ0) is 33.0. The highest BCUT2D eigenvalue weighted by Crippen LogP contribution is 2.45.